The summed E-state index contributed by atoms with van der Waals surface area (Å²) in [6, 6.07) is 7.71. The molecule has 0 spiro atoms. The van der Waals surface area contributed by atoms with Gasteiger partial charge in [-0.15, -0.1) is 6.58 Å². The molecule has 0 amide bonds. The number of hydrogen-bond donors (Lipinski definition) is 1. The van der Waals surface area contributed by atoms with E-state index >= 15 is 0 Å². The van der Waals surface area contributed by atoms with E-state index < -0.39 is 0 Å². The monoisotopic (exact) mass is 349 g/mol. The van der Waals surface area contributed by atoms with Crippen molar-refractivity contribution < 1.29 is 4.74 Å². The summed E-state index contributed by atoms with van der Waals surface area (Å²) in [6.07, 6.45) is 3.24. The molecule has 0 radical (unpaired) electrons. The third-order valence-electron chi connectivity index (χ3n) is 2.95. The molecular formula is C15H16BrN3O2. The number of methoxy groups -OCH3 is 1. The highest BCUT2D eigenvalue weighted by atomic mass is 79.9. The van der Waals surface area contributed by atoms with Gasteiger partial charge in [0.1, 0.15) is 10.2 Å². The lowest BCUT2D eigenvalue weighted by atomic mass is 10.2. The molecule has 0 atom stereocenters. The summed E-state index contributed by atoms with van der Waals surface area (Å²) >= 11 is 3.31. The first-order chi connectivity index (χ1) is 10.2. The number of ether oxygens (including phenoxy) is 1. The molecule has 0 aliphatic rings. The molecular weight excluding hydrogens is 334 g/mol. The first kappa shape index (κ1) is 15.3. The van der Waals surface area contributed by atoms with Crippen molar-refractivity contribution in [2.75, 3.05) is 12.4 Å². The number of nitrogens with zero attached hydrogens (tertiary/aromatic N) is 2. The highest BCUT2D eigenvalue weighted by Gasteiger charge is 2.09. The fourth-order valence-corrected chi connectivity index (χ4v) is 2.33. The fraction of sp³-hybridized carbons (Fsp3) is 0.200. The van der Waals surface area contributed by atoms with Gasteiger partial charge in [-0.2, -0.15) is 5.10 Å². The Bertz CT molecular complexity index is 698. The quantitative estimate of drug-likeness (QED) is 0.814. The molecule has 0 saturated carbocycles. The van der Waals surface area contributed by atoms with Crippen LogP contribution in [0.2, 0.25) is 0 Å². The molecule has 0 bridgehead atoms. The van der Waals surface area contributed by atoms with Crippen LogP contribution in [-0.4, -0.2) is 16.9 Å². The van der Waals surface area contributed by atoms with E-state index in [1.807, 2.05) is 24.3 Å². The number of nitrogens with one attached hydrogen (secondary N) is 1. The summed E-state index contributed by atoms with van der Waals surface area (Å²) in [6.45, 7) is 4.52. The molecule has 5 nitrogen and oxygen atoms in total. The van der Waals surface area contributed by atoms with Crippen molar-refractivity contribution in [3.8, 4) is 5.75 Å². The van der Waals surface area contributed by atoms with Crippen LogP contribution >= 0.6 is 15.9 Å². The van der Waals surface area contributed by atoms with Crippen LogP contribution in [0.15, 0.2) is 52.4 Å². The lowest BCUT2D eigenvalue weighted by molar-refractivity contribution is 0.410. The standard InChI is InChI=1S/C15H16BrN3O2/c1-3-8-19-15(20)14(16)12(10-18-19)17-9-11-6-4-5-7-13(11)21-2/h3-7,10,17H,1,8-9H2,2H3. The minimum absolute atomic E-state index is 0.195. The SMILES string of the molecule is C=CCn1ncc(NCc2ccccc2OC)c(Br)c1=O. The summed E-state index contributed by atoms with van der Waals surface area (Å²) in [5, 5.41) is 7.28. The number of hydrogen-bond acceptors (Lipinski definition) is 4. The maximum Gasteiger partial charge on any atom is 0.283 e. The molecule has 6 heteroatoms. The van der Waals surface area contributed by atoms with Crippen LogP contribution in [0.5, 0.6) is 5.75 Å². The summed E-state index contributed by atoms with van der Waals surface area (Å²) in [4.78, 5) is 12.1. The Hall–Kier alpha value is -2.08. The minimum atomic E-state index is -0.195. The number of allylic oxidation sites excluding steroid dienone is 1. The average molecular weight is 350 g/mol. The lowest BCUT2D eigenvalue weighted by Gasteiger charge is -2.12. The molecule has 1 aromatic carbocycles. The van der Waals surface area contributed by atoms with E-state index in [0.717, 1.165) is 11.3 Å². The average Bonchev–Trinajstić information content (AvgIpc) is 2.51. The zero-order chi connectivity index (χ0) is 15.2. The number of aromatic nitrogens is 2. The largest absolute Gasteiger partial charge is 0.496 e. The van der Waals surface area contributed by atoms with Gasteiger partial charge in [0.05, 0.1) is 25.5 Å². The van der Waals surface area contributed by atoms with Gasteiger partial charge in [0.15, 0.2) is 0 Å². The number of para-hydroxylation sites is 1. The Morgan fingerprint density at radius 2 is 2.24 bits per heavy atom. The van der Waals surface area contributed by atoms with E-state index in [1.54, 1.807) is 19.4 Å². The van der Waals surface area contributed by atoms with Gasteiger partial charge in [0, 0.05) is 12.1 Å². The Morgan fingerprint density at radius 3 is 2.95 bits per heavy atom. The van der Waals surface area contributed by atoms with Crippen molar-refractivity contribution in [1.82, 2.24) is 9.78 Å². The maximum absolute atomic E-state index is 12.1. The molecule has 0 fully saturated rings. The van der Waals surface area contributed by atoms with Crippen LogP contribution in [0.3, 0.4) is 0 Å². The zero-order valence-corrected chi connectivity index (χ0v) is 13.3. The van der Waals surface area contributed by atoms with E-state index in [9.17, 15) is 4.79 Å². The first-order valence-corrected chi connectivity index (χ1v) is 7.19. The molecule has 2 rings (SSSR count). The van der Waals surface area contributed by atoms with Crippen LogP contribution in [0.4, 0.5) is 5.69 Å². The van der Waals surface area contributed by atoms with Crippen LogP contribution < -0.4 is 15.6 Å². The first-order valence-electron chi connectivity index (χ1n) is 6.39. The predicted molar refractivity (Wildman–Crippen MR) is 86.7 cm³/mol. The van der Waals surface area contributed by atoms with Crippen molar-refractivity contribution in [3.63, 3.8) is 0 Å². The Morgan fingerprint density at radius 1 is 1.48 bits per heavy atom. The summed E-state index contributed by atoms with van der Waals surface area (Å²) in [5.41, 5.74) is 1.45. The van der Waals surface area contributed by atoms with Crippen molar-refractivity contribution in [3.05, 3.63) is 63.5 Å². The molecule has 1 N–H and O–H groups in total. The normalized spacial score (nSPS) is 10.2. The Labute approximate surface area is 131 Å². The molecule has 1 heterocycles. The molecule has 0 unspecified atom stereocenters. The van der Waals surface area contributed by atoms with Crippen LogP contribution in [0, 0.1) is 0 Å². The Kier molecular flexibility index (Phi) is 5.16. The van der Waals surface area contributed by atoms with Crippen molar-refractivity contribution >= 4 is 21.6 Å². The topological polar surface area (TPSA) is 56.1 Å². The number of benzene rings is 1. The van der Waals surface area contributed by atoms with Gasteiger partial charge >= 0.3 is 0 Å². The smallest absolute Gasteiger partial charge is 0.283 e. The second-order valence-electron chi connectivity index (χ2n) is 4.31. The van der Waals surface area contributed by atoms with Gasteiger partial charge in [-0.25, -0.2) is 4.68 Å². The zero-order valence-electron chi connectivity index (χ0n) is 11.7. The van der Waals surface area contributed by atoms with Crippen molar-refractivity contribution in [2.45, 2.75) is 13.1 Å². The van der Waals surface area contributed by atoms with Crippen molar-refractivity contribution in [2.24, 2.45) is 0 Å². The van der Waals surface area contributed by atoms with Gasteiger partial charge in [-0.3, -0.25) is 4.79 Å². The van der Waals surface area contributed by atoms with E-state index in [2.05, 4.69) is 32.9 Å². The molecule has 0 aliphatic heterocycles. The van der Waals surface area contributed by atoms with Crippen LogP contribution in [-0.2, 0) is 13.1 Å². The van der Waals surface area contributed by atoms with E-state index in [1.165, 1.54) is 4.68 Å². The molecule has 1 aromatic heterocycles. The molecule has 0 saturated heterocycles. The lowest BCUT2D eigenvalue weighted by Crippen LogP contribution is -2.23. The van der Waals surface area contributed by atoms with E-state index in [-0.39, 0.29) is 5.56 Å². The summed E-state index contributed by atoms with van der Waals surface area (Å²) in [7, 11) is 1.63. The third kappa shape index (κ3) is 3.52. The van der Waals surface area contributed by atoms with Crippen LogP contribution in [0.1, 0.15) is 5.56 Å². The van der Waals surface area contributed by atoms with Gasteiger partial charge < -0.3 is 10.1 Å². The predicted octanol–water partition coefficient (Wildman–Crippen LogP) is 2.81. The number of anilines is 1. The number of rotatable bonds is 6. The minimum Gasteiger partial charge on any atom is -0.496 e. The summed E-state index contributed by atoms with van der Waals surface area (Å²) in [5.74, 6) is 0.800. The summed E-state index contributed by atoms with van der Waals surface area (Å²) < 4.78 is 7.09. The second-order valence-corrected chi connectivity index (χ2v) is 5.11. The molecule has 110 valence electrons. The van der Waals surface area contributed by atoms with E-state index in [4.69, 9.17) is 4.74 Å². The maximum atomic E-state index is 12.1. The molecule has 21 heavy (non-hydrogen) atoms. The van der Waals surface area contributed by atoms with Gasteiger partial charge in [0.2, 0.25) is 0 Å². The second kappa shape index (κ2) is 7.08. The molecule has 0 aliphatic carbocycles. The highest BCUT2D eigenvalue weighted by molar-refractivity contribution is 9.10. The van der Waals surface area contributed by atoms with E-state index in [0.29, 0.717) is 23.2 Å². The fourth-order valence-electron chi connectivity index (χ4n) is 1.88. The third-order valence-corrected chi connectivity index (χ3v) is 3.72. The van der Waals surface area contributed by atoms with Crippen molar-refractivity contribution in [1.29, 1.82) is 0 Å². The highest BCUT2D eigenvalue weighted by Crippen LogP contribution is 2.21. The van der Waals surface area contributed by atoms with Crippen LogP contribution in [0.25, 0.3) is 0 Å². The van der Waals surface area contributed by atoms with Gasteiger partial charge in [0.25, 0.3) is 5.56 Å². The molecule has 2 aromatic rings. The Balaban J connectivity index is 2.19. The van der Waals surface area contributed by atoms with Gasteiger partial charge in [-0.05, 0) is 22.0 Å². The van der Waals surface area contributed by atoms with Gasteiger partial charge in [-0.1, -0.05) is 24.3 Å². The number of halogens is 1.